The Morgan fingerprint density at radius 3 is 2.64 bits per heavy atom. The third-order valence-corrected chi connectivity index (χ3v) is 3.99. The topological polar surface area (TPSA) is 81.2 Å². The van der Waals surface area contributed by atoms with E-state index in [2.05, 4.69) is 11.1 Å². The number of hydrogen-bond acceptors (Lipinski definition) is 5. The van der Waals surface area contributed by atoms with Crippen LogP contribution < -0.4 is 15.2 Å². The summed E-state index contributed by atoms with van der Waals surface area (Å²) in [6, 6.07) is 15.3. The number of pyridine rings is 1. The van der Waals surface area contributed by atoms with E-state index in [4.69, 9.17) is 15.2 Å². The number of ether oxygens (including phenoxy) is 2. The van der Waals surface area contributed by atoms with Crippen molar-refractivity contribution in [2.24, 2.45) is 0 Å². The van der Waals surface area contributed by atoms with Crippen LogP contribution in [0, 0.1) is 17.1 Å². The fourth-order valence-corrected chi connectivity index (χ4v) is 2.78. The minimum Gasteiger partial charge on any atom is -0.454 e. The maximum Gasteiger partial charge on any atom is 0.231 e. The van der Waals surface area contributed by atoms with Crippen molar-refractivity contribution in [1.82, 2.24) is 4.98 Å². The van der Waals surface area contributed by atoms with Crippen LogP contribution in [0.25, 0.3) is 22.4 Å². The highest BCUT2D eigenvalue weighted by atomic mass is 19.1. The van der Waals surface area contributed by atoms with Crippen LogP contribution in [0.15, 0.2) is 48.5 Å². The lowest BCUT2D eigenvalue weighted by molar-refractivity contribution is 0.174. The van der Waals surface area contributed by atoms with Gasteiger partial charge in [-0.05, 0) is 35.9 Å². The smallest absolute Gasteiger partial charge is 0.231 e. The lowest BCUT2D eigenvalue weighted by Crippen LogP contribution is -2.00. The summed E-state index contributed by atoms with van der Waals surface area (Å²) >= 11 is 0. The number of nitriles is 1. The first kappa shape index (κ1) is 15.0. The molecule has 4 rings (SSSR count). The summed E-state index contributed by atoms with van der Waals surface area (Å²) in [7, 11) is 0. The molecule has 5 nitrogen and oxygen atoms in total. The zero-order chi connectivity index (χ0) is 17.4. The molecule has 2 aromatic carbocycles. The van der Waals surface area contributed by atoms with Crippen molar-refractivity contribution in [2.45, 2.75) is 0 Å². The number of fused-ring (bicyclic) bond motifs is 1. The standard InChI is InChI=1S/C19H12FN3O2/c20-15-4-2-1-3-12(15)16-8-13(14(9-21)19(22)23-16)11-5-6-17-18(7-11)25-10-24-17/h1-8H,10H2,(H2,22,23). The number of hydrogen-bond donors (Lipinski definition) is 1. The molecule has 122 valence electrons. The van der Waals surface area contributed by atoms with Gasteiger partial charge in [0, 0.05) is 11.1 Å². The van der Waals surface area contributed by atoms with E-state index >= 15 is 0 Å². The van der Waals surface area contributed by atoms with E-state index in [9.17, 15) is 9.65 Å². The molecule has 0 amide bonds. The molecule has 0 unspecified atom stereocenters. The number of anilines is 1. The molecule has 0 saturated carbocycles. The minimum absolute atomic E-state index is 0.0518. The Kier molecular flexibility index (Phi) is 3.47. The second-order valence-corrected chi connectivity index (χ2v) is 5.47. The molecule has 1 aliphatic rings. The number of nitrogen functional groups attached to an aromatic ring is 1. The normalized spacial score (nSPS) is 12.0. The predicted molar refractivity (Wildman–Crippen MR) is 90.3 cm³/mol. The van der Waals surface area contributed by atoms with Gasteiger partial charge in [0.15, 0.2) is 11.5 Å². The molecular weight excluding hydrogens is 321 g/mol. The molecule has 0 bridgehead atoms. The van der Waals surface area contributed by atoms with Crippen LogP contribution in [0.2, 0.25) is 0 Å². The first-order valence-electron chi connectivity index (χ1n) is 7.53. The Hall–Kier alpha value is -3.59. The summed E-state index contributed by atoms with van der Waals surface area (Å²) < 4.78 is 24.8. The van der Waals surface area contributed by atoms with E-state index in [1.807, 2.05) is 0 Å². The average molecular weight is 333 g/mol. The van der Waals surface area contributed by atoms with Crippen molar-refractivity contribution in [3.63, 3.8) is 0 Å². The largest absolute Gasteiger partial charge is 0.454 e. The molecular formula is C19H12FN3O2. The van der Waals surface area contributed by atoms with Gasteiger partial charge in [0.2, 0.25) is 6.79 Å². The van der Waals surface area contributed by atoms with Crippen molar-refractivity contribution in [2.75, 3.05) is 12.5 Å². The highest BCUT2D eigenvalue weighted by Crippen LogP contribution is 2.38. The molecule has 0 fully saturated rings. The quantitative estimate of drug-likeness (QED) is 0.772. The maximum atomic E-state index is 14.1. The highest BCUT2D eigenvalue weighted by Gasteiger charge is 2.18. The molecule has 2 N–H and O–H groups in total. The Morgan fingerprint density at radius 2 is 1.84 bits per heavy atom. The summed E-state index contributed by atoms with van der Waals surface area (Å²) in [6.07, 6.45) is 0. The third-order valence-electron chi connectivity index (χ3n) is 3.99. The Balaban J connectivity index is 1.92. The second kappa shape index (κ2) is 5.80. The van der Waals surface area contributed by atoms with Gasteiger partial charge in [-0.2, -0.15) is 5.26 Å². The lowest BCUT2D eigenvalue weighted by Gasteiger charge is -2.11. The van der Waals surface area contributed by atoms with Crippen molar-refractivity contribution in [3.8, 4) is 40.0 Å². The van der Waals surface area contributed by atoms with Crippen LogP contribution in [-0.4, -0.2) is 11.8 Å². The van der Waals surface area contributed by atoms with Crippen LogP contribution in [0.5, 0.6) is 11.5 Å². The monoisotopic (exact) mass is 333 g/mol. The van der Waals surface area contributed by atoms with Crippen molar-refractivity contribution < 1.29 is 13.9 Å². The fourth-order valence-electron chi connectivity index (χ4n) is 2.78. The molecule has 0 spiro atoms. The van der Waals surface area contributed by atoms with Gasteiger partial charge in [-0.15, -0.1) is 0 Å². The summed E-state index contributed by atoms with van der Waals surface area (Å²) in [5.74, 6) is 0.870. The number of halogens is 1. The minimum atomic E-state index is -0.407. The predicted octanol–water partition coefficient (Wildman–Crippen LogP) is 3.74. The van der Waals surface area contributed by atoms with Crippen LogP contribution >= 0.6 is 0 Å². The first-order valence-corrected chi connectivity index (χ1v) is 7.53. The van der Waals surface area contributed by atoms with Crippen LogP contribution in [0.1, 0.15) is 5.56 Å². The fraction of sp³-hybridized carbons (Fsp3) is 0.0526. The number of aromatic nitrogens is 1. The number of nitrogens with two attached hydrogens (primary N) is 1. The molecule has 25 heavy (non-hydrogen) atoms. The number of nitrogens with zero attached hydrogens (tertiary/aromatic N) is 2. The van der Waals surface area contributed by atoms with Crippen LogP contribution in [0.3, 0.4) is 0 Å². The van der Waals surface area contributed by atoms with Gasteiger partial charge < -0.3 is 15.2 Å². The average Bonchev–Trinajstić information content (AvgIpc) is 3.09. The second-order valence-electron chi connectivity index (χ2n) is 5.47. The zero-order valence-electron chi connectivity index (χ0n) is 13.0. The van der Waals surface area contributed by atoms with E-state index < -0.39 is 5.82 Å². The molecule has 1 aliphatic heterocycles. The highest BCUT2D eigenvalue weighted by molar-refractivity contribution is 5.81. The van der Waals surface area contributed by atoms with Gasteiger partial charge in [0.05, 0.1) is 5.69 Å². The first-order chi connectivity index (χ1) is 12.2. The van der Waals surface area contributed by atoms with Crippen molar-refractivity contribution >= 4 is 5.82 Å². The Morgan fingerprint density at radius 1 is 1.04 bits per heavy atom. The molecule has 0 aliphatic carbocycles. The molecule has 6 heteroatoms. The van der Waals surface area contributed by atoms with E-state index in [1.165, 1.54) is 6.07 Å². The molecule has 1 aromatic heterocycles. The van der Waals surface area contributed by atoms with Crippen LogP contribution in [-0.2, 0) is 0 Å². The van der Waals surface area contributed by atoms with E-state index in [-0.39, 0.29) is 18.2 Å². The number of benzene rings is 2. The molecule has 0 radical (unpaired) electrons. The summed E-state index contributed by atoms with van der Waals surface area (Å²) in [5.41, 5.74) is 8.15. The lowest BCUT2D eigenvalue weighted by atomic mass is 9.98. The summed E-state index contributed by atoms with van der Waals surface area (Å²) in [5, 5.41) is 9.47. The molecule has 3 aromatic rings. The van der Waals surface area contributed by atoms with Gasteiger partial charge in [-0.25, -0.2) is 9.37 Å². The Labute approximate surface area is 143 Å². The van der Waals surface area contributed by atoms with Gasteiger partial charge in [-0.1, -0.05) is 18.2 Å². The Bertz CT molecular complexity index is 1030. The van der Waals surface area contributed by atoms with Crippen molar-refractivity contribution in [1.29, 1.82) is 5.26 Å². The zero-order valence-corrected chi connectivity index (χ0v) is 13.0. The molecule has 0 saturated heterocycles. The van der Waals surface area contributed by atoms with E-state index in [0.29, 0.717) is 33.9 Å². The summed E-state index contributed by atoms with van der Waals surface area (Å²) in [4.78, 5) is 4.19. The third kappa shape index (κ3) is 2.52. The van der Waals surface area contributed by atoms with E-state index in [1.54, 1.807) is 42.5 Å². The molecule has 2 heterocycles. The van der Waals surface area contributed by atoms with Crippen LogP contribution in [0.4, 0.5) is 10.2 Å². The van der Waals surface area contributed by atoms with Gasteiger partial charge >= 0.3 is 0 Å². The maximum absolute atomic E-state index is 14.1. The SMILES string of the molecule is N#Cc1c(-c2ccc3c(c2)OCO3)cc(-c2ccccc2F)nc1N. The molecule has 0 atom stereocenters. The van der Waals surface area contributed by atoms with Gasteiger partial charge in [0.25, 0.3) is 0 Å². The van der Waals surface area contributed by atoms with E-state index in [0.717, 1.165) is 0 Å². The number of rotatable bonds is 2. The van der Waals surface area contributed by atoms with Gasteiger partial charge in [-0.3, -0.25) is 0 Å². The van der Waals surface area contributed by atoms with Gasteiger partial charge in [0.1, 0.15) is 23.3 Å². The van der Waals surface area contributed by atoms with Crippen molar-refractivity contribution in [3.05, 3.63) is 59.9 Å². The summed E-state index contributed by atoms with van der Waals surface area (Å²) in [6.45, 7) is 0.156.